The van der Waals surface area contributed by atoms with Crippen LogP contribution in [0.1, 0.15) is 10.4 Å². The number of hydrogen-bond acceptors (Lipinski definition) is 6. The van der Waals surface area contributed by atoms with Crippen LogP contribution in [0, 0.1) is 0 Å². The lowest BCUT2D eigenvalue weighted by atomic mass is 10.1. The van der Waals surface area contributed by atoms with Gasteiger partial charge in [-0.05, 0) is 12.1 Å². The molecule has 2 aromatic rings. The highest BCUT2D eigenvalue weighted by Crippen LogP contribution is 2.18. The van der Waals surface area contributed by atoms with Crippen LogP contribution in [0.5, 0.6) is 0 Å². The molecule has 9 heteroatoms. The Morgan fingerprint density at radius 2 is 1.88 bits per heavy atom. The summed E-state index contributed by atoms with van der Waals surface area (Å²) in [5, 5.41) is 2.59. The lowest BCUT2D eigenvalue weighted by molar-refractivity contribution is 0.0956. The van der Waals surface area contributed by atoms with Gasteiger partial charge in [0.05, 0.1) is 11.4 Å². The normalized spacial score (nSPS) is 11.5. The van der Waals surface area contributed by atoms with E-state index in [-0.39, 0.29) is 18.2 Å². The second-order valence-corrected chi connectivity index (χ2v) is 7.56. The minimum atomic E-state index is -3.33. The minimum absolute atomic E-state index is 0.0452. The van der Waals surface area contributed by atoms with Crippen LogP contribution in [0.15, 0.2) is 36.7 Å². The Balaban J connectivity index is 1.99. The van der Waals surface area contributed by atoms with Crippen molar-refractivity contribution in [2.24, 2.45) is 0 Å². The minimum Gasteiger partial charge on any atom is -0.384 e. The molecule has 3 N–H and O–H groups in total. The summed E-state index contributed by atoms with van der Waals surface area (Å²) < 4.78 is 24.4. The maximum Gasteiger partial charge on any atom is 0.251 e. The number of nitrogen functional groups attached to an aromatic ring is 1. The third-order valence-electron chi connectivity index (χ3n) is 3.33. The molecule has 0 aliphatic carbocycles. The van der Waals surface area contributed by atoms with Crippen LogP contribution in [0.3, 0.4) is 0 Å². The first-order chi connectivity index (χ1) is 11.3. The van der Waals surface area contributed by atoms with Gasteiger partial charge in [-0.25, -0.2) is 22.7 Å². The molecule has 1 amide bonds. The van der Waals surface area contributed by atoms with Crippen LogP contribution < -0.4 is 11.1 Å². The van der Waals surface area contributed by atoms with E-state index in [4.69, 9.17) is 5.73 Å². The van der Waals surface area contributed by atoms with E-state index in [9.17, 15) is 13.2 Å². The van der Waals surface area contributed by atoms with Crippen LogP contribution in [-0.4, -0.2) is 55.0 Å². The van der Waals surface area contributed by atoms with Gasteiger partial charge in [0.2, 0.25) is 10.0 Å². The molecule has 0 radical (unpaired) electrons. The highest BCUT2D eigenvalue weighted by molar-refractivity contribution is 7.89. The monoisotopic (exact) mass is 349 g/mol. The summed E-state index contributed by atoms with van der Waals surface area (Å²) in [4.78, 5) is 20.0. The van der Waals surface area contributed by atoms with Crippen LogP contribution in [-0.2, 0) is 10.0 Å². The van der Waals surface area contributed by atoms with Crippen LogP contribution >= 0.6 is 0 Å². The van der Waals surface area contributed by atoms with Crippen molar-refractivity contribution < 1.29 is 13.2 Å². The molecule has 128 valence electrons. The zero-order valence-electron chi connectivity index (χ0n) is 13.4. The van der Waals surface area contributed by atoms with E-state index >= 15 is 0 Å². The van der Waals surface area contributed by atoms with E-state index in [1.807, 2.05) is 0 Å². The smallest absolute Gasteiger partial charge is 0.251 e. The molecular formula is C15H19N5O3S. The summed E-state index contributed by atoms with van der Waals surface area (Å²) in [5.74, 6) is -0.119. The summed E-state index contributed by atoms with van der Waals surface area (Å²) in [6.45, 7) is 0.0452. The van der Waals surface area contributed by atoms with Gasteiger partial charge in [-0.15, -0.1) is 0 Å². The quantitative estimate of drug-likeness (QED) is 0.777. The average Bonchev–Trinajstić information content (AvgIpc) is 2.54. The number of hydrogen-bond donors (Lipinski definition) is 2. The first-order valence-electron chi connectivity index (χ1n) is 7.16. The van der Waals surface area contributed by atoms with Crippen molar-refractivity contribution in [3.05, 3.63) is 42.2 Å². The van der Waals surface area contributed by atoms with Gasteiger partial charge in [-0.1, -0.05) is 12.1 Å². The Labute approximate surface area is 140 Å². The molecule has 0 fully saturated rings. The van der Waals surface area contributed by atoms with E-state index < -0.39 is 10.0 Å². The number of carbonyl (C=O) groups is 1. The lowest BCUT2D eigenvalue weighted by Crippen LogP contribution is -2.33. The van der Waals surface area contributed by atoms with E-state index in [0.29, 0.717) is 17.1 Å². The Morgan fingerprint density at radius 3 is 2.46 bits per heavy atom. The standard InChI is InChI=1S/C15H19N5O3S/c1-20(2)24(22,23)8-7-17-15(21)12-5-3-11(4-6-12)13-9-14(16)19-10-18-13/h3-6,9-10H,7-8H2,1-2H3,(H,17,21)(H2,16,18,19). The van der Waals surface area contributed by atoms with Crippen molar-refractivity contribution in [2.75, 3.05) is 32.1 Å². The van der Waals surface area contributed by atoms with Crippen molar-refractivity contribution in [2.45, 2.75) is 0 Å². The molecule has 0 atom stereocenters. The molecule has 24 heavy (non-hydrogen) atoms. The number of sulfonamides is 1. The summed E-state index contributed by atoms with van der Waals surface area (Å²) in [6, 6.07) is 8.41. The van der Waals surface area contributed by atoms with E-state index in [1.54, 1.807) is 30.3 Å². The van der Waals surface area contributed by atoms with Gasteiger partial charge < -0.3 is 11.1 Å². The number of nitrogens with two attached hydrogens (primary N) is 1. The first-order valence-corrected chi connectivity index (χ1v) is 8.77. The second-order valence-electron chi connectivity index (χ2n) is 5.26. The van der Waals surface area contributed by atoms with Crippen molar-refractivity contribution in [1.29, 1.82) is 0 Å². The fourth-order valence-electron chi connectivity index (χ4n) is 1.90. The Hall–Kier alpha value is -2.52. The van der Waals surface area contributed by atoms with E-state index in [1.165, 1.54) is 20.4 Å². The van der Waals surface area contributed by atoms with Crippen LogP contribution in [0.25, 0.3) is 11.3 Å². The highest BCUT2D eigenvalue weighted by Gasteiger charge is 2.14. The molecule has 0 aliphatic rings. The number of amides is 1. The molecule has 0 bridgehead atoms. The van der Waals surface area contributed by atoms with Crippen molar-refractivity contribution in [3.63, 3.8) is 0 Å². The summed E-state index contributed by atoms with van der Waals surface area (Å²) in [7, 11) is -0.422. The number of rotatable bonds is 6. The maximum atomic E-state index is 12.0. The molecule has 2 rings (SSSR count). The van der Waals surface area contributed by atoms with Crippen molar-refractivity contribution >= 4 is 21.7 Å². The highest BCUT2D eigenvalue weighted by atomic mass is 32.2. The first kappa shape index (κ1) is 17.8. The van der Waals surface area contributed by atoms with Crippen molar-refractivity contribution in [3.8, 4) is 11.3 Å². The topological polar surface area (TPSA) is 118 Å². The lowest BCUT2D eigenvalue weighted by Gasteiger charge is -2.11. The number of nitrogens with zero attached hydrogens (tertiary/aromatic N) is 3. The third kappa shape index (κ3) is 4.49. The van der Waals surface area contributed by atoms with Crippen LogP contribution in [0.2, 0.25) is 0 Å². The molecule has 1 aromatic heterocycles. The molecule has 8 nitrogen and oxygen atoms in total. The fraction of sp³-hybridized carbons (Fsp3) is 0.267. The zero-order chi connectivity index (χ0) is 17.7. The molecule has 1 aromatic carbocycles. The SMILES string of the molecule is CN(C)S(=O)(=O)CCNC(=O)c1ccc(-c2cc(N)ncn2)cc1. The van der Waals surface area contributed by atoms with E-state index in [0.717, 1.165) is 9.87 Å². The number of nitrogens with one attached hydrogen (secondary N) is 1. The zero-order valence-corrected chi connectivity index (χ0v) is 14.2. The summed E-state index contributed by atoms with van der Waals surface area (Å²) in [6.07, 6.45) is 1.37. The Bertz CT molecular complexity index is 819. The molecular weight excluding hydrogens is 330 g/mol. The van der Waals surface area contributed by atoms with Crippen molar-refractivity contribution in [1.82, 2.24) is 19.6 Å². The molecule has 1 heterocycles. The molecule has 0 unspecified atom stereocenters. The largest absolute Gasteiger partial charge is 0.384 e. The number of carbonyl (C=O) groups excluding carboxylic acids is 1. The molecule has 0 saturated carbocycles. The van der Waals surface area contributed by atoms with Gasteiger partial charge in [0.1, 0.15) is 12.1 Å². The fourth-order valence-corrected chi connectivity index (χ4v) is 2.63. The average molecular weight is 349 g/mol. The predicted octanol–water partition coefficient (Wildman–Crippen LogP) is 0.347. The number of aromatic nitrogens is 2. The number of anilines is 1. The second kappa shape index (κ2) is 7.37. The van der Waals surface area contributed by atoms with Gasteiger partial charge in [0.25, 0.3) is 5.91 Å². The summed E-state index contributed by atoms with van der Waals surface area (Å²) in [5.41, 5.74) is 7.51. The van der Waals surface area contributed by atoms with Gasteiger partial charge >= 0.3 is 0 Å². The maximum absolute atomic E-state index is 12.0. The van der Waals surface area contributed by atoms with Crippen LogP contribution in [0.4, 0.5) is 5.82 Å². The molecule has 0 saturated heterocycles. The molecule has 0 aliphatic heterocycles. The van der Waals surface area contributed by atoms with Gasteiger partial charge in [-0.2, -0.15) is 0 Å². The Kier molecular flexibility index (Phi) is 5.47. The Morgan fingerprint density at radius 1 is 1.21 bits per heavy atom. The van der Waals surface area contributed by atoms with Gasteiger partial charge in [-0.3, -0.25) is 4.79 Å². The predicted molar refractivity (Wildman–Crippen MR) is 91.7 cm³/mol. The molecule has 0 spiro atoms. The third-order valence-corrected chi connectivity index (χ3v) is 5.17. The van der Waals surface area contributed by atoms with Gasteiger partial charge in [0, 0.05) is 37.8 Å². The van der Waals surface area contributed by atoms with E-state index in [2.05, 4.69) is 15.3 Å². The summed E-state index contributed by atoms with van der Waals surface area (Å²) >= 11 is 0. The number of benzene rings is 1. The van der Waals surface area contributed by atoms with Gasteiger partial charge in [0.15, 0.2) is 0 Å².